The number of unbranched alkanes of at least 4 members (excludes halogenated alkanes) is 2. The molecule has 10 amide bonds. The highest BCUT2D eigenvalue weighted by Crippen LogP contribution is 2.14. The van der Waals surface area contributed by atoms with Crippen molar-refractivity contribution in [3.05, 3.63) is 178 Å². The summed E-state index contributed by atoms with van der Waals surface area (Å²) in [5.41, 5.74) is 13.7. The molecule has 0 saturated heterocycles. The third kappa shape index (κ3) is 24.5. The molecule has 5 aromatic rings. The van der Waals surface area contributed by atoms with Gasteiger partial charge in [-0.1, -0.05) is 91.0 Å². The largest absolute Gasteiger partial charge is 0.445 e. The summed E-state index contributed by atoms with van der Waals surface area (Å²) in [6, 6.07) is 32.3. The maximum Gasteiger partial charge on any atom is 0.408 e. The van der Waals surface area contributed by atoms with E-state index in [0.717, 1.165) is 32.1 Å². The van der Waals surface area contributed by atoms with Crippen molar-refractivity contribution in [3.8, 4) is 0 Å². The van der Waals surface area contributed by atoms with Crippen LogP contribution in [0.4, 0.5) is 18.4 Å². The first-order chi connectivity index (χ1) is 40.4. The zero-order valence-electron chi connectivity index (χ0n) is 46.3. The van der Waals surface area contributed by atoms with Crippen LogP contribution in [-0.4, -0.2) is 134 Å². The van der Waals surface area contributed by atoms with Gasteiger partial charge in [0.1, 0.15) is 63.1 Å². The minimum atomic E-state index is -1.07. The first-order valence-electron chi connectivity index (χ1n) is 27.2. The van der Waals surface area contributed by atoms with Gasteiger partial charge in [-0.25, -0.2) is 18.4 Å². The molecule has 0 aromatic heterocycles. The number of nitrogens with zero attached hydrogens (tertiary/aromatic N) is 2. The van der Waals surface area contributed by atoms with Gasteiger partial charge in [-0.05, 0) is 116 Å². The lowest BCUT2D eigenvalue weighted by Crippen LogP contribution is -2.47. The fraction of sp³-hybridized carbons (Fsp3) is 0.333. The number of carbonyl (C=O) groups is 10. The molecule has 0 heterocycles. The number of rotatable bonds is 34. The lowest BCUT2D eigenvalue weighted by Gasteiger charge is -2.24. The van der Waals surface area contributed by atoms with Crippen LogP contribution in [0, 0.1) is 11.6 Å². The van der Waals surface area contributed by atoms with Gasteiger partial charge < -0.3 is 62.6 Å². The summed E-state index contributed by atoms with van der Waals surface area (Å²) < 4.78 is 37.4. The van der Waals surface area contributed by atoms with E-state index in [0.29, 0.717) is 38.5 Å². The Bertz CT molecular complexity index is 2800. The zero-order chi connectivity index (χ0) is 60.6. The molecule has 0 saturated carbocycles. The number of primary amides is 2. The SMILES string of the molecule is NC(=O)[C@H](CCCCNC(=O)CN(CC(=O)NCCc1ccc(F)cc1)C(=O)c1cccc(C(=O)N(CC(=O)NCCCC[C@H](NC(=O)OCc2ccccc2)C(N)=O)CC(=O)NCCc2ccc(F)cc2)c1)NC(=O)OCc1ccccc1. The second kappa shape index (κ2) is 35.2. The minimum absolute atomic E-state index is 0.0291. The molecule has 0 aliphatic heterocycles. The quantitative estimate of drug-likeness (QED) is 0.0274. The third-order valence-electron chi connectivity index (χ3n) is 12.7. The topological polar surface area (TPSA) is 320 Å². The Hall–Kier alpha value is -9.74. The van der Waals surface area contributed by atoms with Crippen LogP contribution in [0.2, 0.25) is 0 Å². The van der Waals surface area contributed by atoms with Crippen LogP contribution in [0.15, 0.2) is 133 Å². The van der Waals surface area contributed by atoms with E-state index in [4.69, 9.17) is 20.9 Å². The normalized spacial score (nSPS) is 11.4. The Labute approximate surface area is 484 Å². The van der Waals surface area contributed by atoms with Gasteiger partial charge >= 0.3 is 12.2 Å². The van der Waals surface area contributed by atoms with Crippen molar-refractivity contribution in [3.63, 3.8) is 0 Å². The number of alkyl carbamates (subject to hydrolysis) is 2. The predicted molar refractivity (Wildman–Crippen MR) is 304 cm³/mol. The van der Waals surface area contributed by atoms with Crippen LogP contribution in [0.25, 0.3) is 0 Å². The highest BCUT2D eigenvalue weighted by Gasteiger charge is 2.27. The molecule has 0 radical (unpaired) electrons. The van der Waals surface area contributed by atoms with Gasteiger partial charge in [0, 0.05) is 37.3 Å². The molecule has 84 heavy (non-hydrogen) atoms. The van der Waals surface area contributed by atoms with E-state index in [1.807, 2.05) is 12.1 Å². The van der Waals surface area contributed by atoms with Gasteiger partial charge in [-0.3, -0.25) is 38.4 Å². The molecule has 5 aromatic carbocycles. The second-order valence-corrected chi connectivity index (χ2v) is 19.4. The number of hydrogen-bond acceptors (Lipinski definition) is 12. The van der Waals surface area contributed by atoms with E-state index >= 15 is 0 Å². The molecule has 5 rings (SSSR count). The third-order valence-corrected chi connectivity index (χ3v) is 12.7. The van der Waals surface area contributed by atoms with Crippen molar-refractivity contribution >= 4 is 59.4 Å². The molecule has 0 unspecified atom stereocenters. The Balaban J connectivity index is 1.22. The van der Waals surface area contributed by atoms with E-state index < -0.39 is 109 Å². The number of nitrogens with two attached hydrogens (primary N) is 2. The van der Waals surface area contributed by atoms with E-state index in [-0.39, 0.29) is 63.4 Å². The first kappa shape index (κ1) is 65.1. The Morgan fingerprint density at radius 3 is 1.11 bits per heavy atom. The summed E-state index contributed by atoms with van der Waals surface area (Å²) in [4.78, 5) is 133. The summed E-state index contributed by atoms with van der Waals surface area (Å²) in [7, 11) is 0. The first-order valence-corrected chi connectivity index (χ1v) is 27.2. The molecule has 22 nitrogen and oxygen atoms in total. The molecule has 0 fully saturated rings. The monoisotopic (exact) mass is 1160 g/mol. The number of halogens is 2. The highest BCUT2D eigenvalue weighted by molar-refractivity contribution is 6.03. The average molecular weight is 1160 g/mol. The standard InChI is InChI=1S/C60H70F2N10O12/c61-47-24-20-41(21-25-47)28-32-67-53(75)37-71(35-51(73)65-30-9-7-18-49(55(63)77)69-59(81)83-39-43-12-3-1-4-13-43)57(79)45-16-11-17-46(34-45)58(80)72(38-54(76)68-33-29-42-22-26-48(62)27-23-42)36-52(74)66-31-10-8-19-50(56(64)78)70-60(82)84-40-44-14-5-2-6-15-44/h1-6,11-17,20-27,34,49-50H,7-10,18-19,28-33,35-40H2,(H2,63,77)(H2,64,78)(H,65,73)(H,66,74)(H,67,75)(H,68,76)(H,69,81)(H,70,82)/t49-,50-/m0/s1. The number of ether oxygens (including phenoxy) is 2. The molecule has 0 spiro atoms. The molecule has 0 aliphatic carbocycles. The van der Waals surface area contributed by atoms with Crippen molar-refractivity contribution in [2.45, 2.75) is 76.7 Å². The van der Waals surface area contributed by atoms with Crippen LogP contribution in [0.3, 0.4) is 0 Å². The molecular weight excluding hydrogens is 1090 g/mol. The van der Waals surface area contributed by atoms with E-state index in [1.165, 1.54) is 48.5 Å². The van der Waals surface area contributed by atoms with Gasteiger partial charge in [0.05, 0.1) is 0 Å². The van der Waals surface area contributed by atoms with E-state index in [2.05, 4.69) is 31.9 Å². The smallest absolute Gasteiger partial charge is 0.408 e. The number of hydrogen-bond donors (Lipinski definition) is 8. The van der Waals surface area contributed by atoms with Crippen molar-refractivity contribution in [2.24, 2.45) is 11.5 Å². The molecule has 0 aliphatic rings. The molecule has 10 N–H and O–H groups in total. The van der Waals surface area contributed by atoms with Gasteiger partial charge in [0.25, 0.3) is 11.8 Å². The molecule has 446 valence electrons. The maximum absolute atomic E-state index is 14.3. The lowest BCUT2D eigenvalue weighted by atomic mass is 10.1. The summed E-state index contributed by atoms with van der Waals surface area (Å²) >= 11 is 0. The zero-order valence-corrected chi connectivity index (χ0v) is 46.3. The minimum Gasteiger partial charge on any atom is -0.445 e. The van der Waals surface area contributed by atoms with Crippen LogP contribution < -0.4 is 43.4 Å². The maximum atomic E-state index is 14.3. The van der Waals surface area contributed by atoms with Gasteiger partial charge in [0.2, 0.25) is 35.4 Å². The van der Waals surface area contributed by atoms with Crippen molar-refractivity contribution in [2.75, 3.05) is 52.4 Å². The number of amides is 10. The van der Waals surface area contributed by atoms with Crippen molar-refractivity contribution < 1.29 is 66.2 Å². The molecule has 2 atom stereocenters. The number of carbonyl (C=O) groups excluding carboxylic acids is 10. The van der Waals surface area contributed by atoms with E-state index in [9.17, 15) is 56.7 Å². The summed E-state index contributed by atoms with van der Waals surface area (Å²) in [5, 5.41) is 15.6. The number of benzene rings is 5. The van der Waals surface area contributed by atoms with Crippen LogP contribution >= 0.6 is 0 Å². The fourth-order valence-electron chi connectivity index (χ4n) is 8.25. The Kier molecular flexibility index (Phi) is 27.3. The van der Waals surface area contributed by atoms with Gasteiger partial charge in [-0.15, -0.1) is 0 Å². The average Bonchev–Trinajstić information content (AvgIpc) is 3.66. The summed E-state index contributed by atoms with van der Waals surface area (Å²) in [5.74, 6) is -6.78. The Morgan fingerprint density at radius 1 is 0.417 bits per heavy atom. The van der Waals surface area contributed by atoms with Crippen LogP contribution in [0.5, 0.6) is 0 Å². The van der Waals surface area contributed by atoms with Crippen molar-refractivity contribution in [1.82, 2.24) is 41.7 Å². The van der Waals surface area contributed by atoms with Gasteiger partial charge in [0.15, 0.2) is 0 Å². The van der Waals surface area contributed by atoms with E-state index in [1.54, 1.807) is 72.8 Å². The predicted octanol–water partition coefficient (Wildman–Crippen LogP) is 3.70. The van der Waals surface area contributed by atoms with Crippen molar-refractivity contribution in [1.29, 1.82) is 0 Å². The summed E-state index contributed by atoms with van der Waals surface area (Å²) in [6.45, 7) is -2.25. The highest BCUT2D eigenvalue weighted by atomic mass is 19.1. The fourth-order valence-corrected chi connectivity index (χ4v) is 8.25. The lowest BCUT2D eigenvalue weighted by molar-refractivity contribution is -0.125. The second-order valence-electron chi connectivity index (χ2n) is 19.4. The van der Waals surface area contributed by atoms with Crippen LogP contribution in [-0.2, 0) is 64.3 Å². The molecule has 0 bridgehead atoms. The van der Waals surface area contributed by atoms with Gasteiger partial charge in [-0.2, -0.15) is 0 Å². The summed E-state index contributed by atoms with van der Waals surface area (Å²) in [6.07, 6.45) is 0.427. The molecular formula is C60H70F2N10O12. The van der Waals surface area contributed by atoms with Crippen LogP contribution in [0.1, 0.15) is 81.5 Å². The Morgan fingerprint density at radius 2 is 0.762 bits per heavy atom. The number of nitrogens with one attached hydrogen (secondary N) is 6. The molecule has 24 heteroatoms.